The summed E-state index contributed by atoms with van der Waals surface area (Å²) in [6.45, 7) is 3.44. The van der Waals surface area contributed by atoms with Gasteiger partial charge in [-0.05, 0) is 23.1 Å². The number of alkyl carbamates (subject to hydrolysis) is 1. The Hall–Kier alpha value is -3.42. The Morgan fingerprint density at radius 2 is 1.63 bits per heavy atom. The molecule has 0 heterocycles. The van der Waals surface area contributed by atoms with E-state index in [1.807, 2.05) is 18.2 Å². The Labute approximate surface area is 174 Å². The molecule has 0 bridgehead atoms. The lowest BCUT2D eigenvalue weighted by Gasteiger charge is -2.24. The quantitative estimate of drug-likeness (QED) is 0.583. The Morgan fingerprint density at radius 1 is 1.00 bits per heavy atom. The third-order valence-corrected chi connectivity index (χ3v) is 4.43. The van der Waals surface area contributed by atoms with E-state index in [1.54, 1.807) is 32.0 Å². The van der Waals surface area contributed by atoms with Crippen molar-refractivity contribution in [3.63, 3.8) is 0 Å². The molecule has 7 nitrogen and oxygen atoms in total. The summed E-state index contributed by atoms with van der Waals surface area (Å²) < 4.78 is 19.0. The van der Waals surface area contributed by atoms with Crippen molar-refractivity contribution in [1.29, 1.82) is 0 Å². The second kappa shape index (κ2) is 10.9. The van der Waals surface area contributed by atoms with Gasteiger partial charge >= 0.3 is 12.1 Å². The number of benzene rings is 2. The third-order valence-electron chi connectivity index (χ3n) is 4.43. The van der Waals surface area contributed by atoms with Gasteiger partial charge in [-0.3, -0.25) is 4.79 Å². The fourth-order valence-corrected chi connectivity index (χ4v) is 2.77. The first-order valence-electron chi connectivity index (χ1n) is 9.51. The summed E-state index contributed by atoms with van der Waals surface area (Å²) in [5, 5.41) is 14.3. The van der Waals surface area contributed by atoms with Crippen molar-refractivity contribution in [1.82, 2.24) is 10.6 Å². The molecule has 160 valence electrons. The number of hydrogen-bond donors (Lipinski definition) is 3. The predicted molar refractivity (Wildman–Crippen MR) is 108 cm³/mol. The predicted octanol–water partition coefficient (Wildman–Crippen LogP) is 2.89. The van der Waals surface area contributed by atoms with Crippen molar-refractivity contribution >= 4 is 18.0 Å². The van der Waals surface area contributed by atoms with Gasteiger partial charge in [0.15, 0.2) is 0 Å². The number of carbonyl (C=O) groups is 3. The fourth-order valence-electron chi connectivity index (χ4n) is 2.77. The molecule has 0 unspecified atom stereocenters. The number of hydrogen-bond acceptors (Lipinski definition) is 4. The number of carboxylic acid groups (broad SMARTS) is 1. The van der Waals surface area contributed by atoms with E-state index in [2.05, 4.69) is 10.6 Å². The van der Waals surface area contributed by atoms with Gasteiger partial charge in [0.2, 0.25) is 5.91 Å². The maximum atomic E-state index is 13.9. The zero-order valence-corrected chi connectivity index (χ0v) is 16.8. The van der Waals surface area contributed by atoms with E-state index < -0.39 is 35.9 Å². The molecule has 0 aliphatic heterocycles. The number of ether oxygens (including phenoxy) is 1. The molecular formula is C22H25FN2O5. The van der Waals surface area contributed by atoms with Crippen molar-refractivity contribution in [2.45, 2.75) is 39.0 Å². The number of aliphatic carboxylic acids is 1. The van der Waals surface area contributed by atoms with Crippen LogP contribution in [0.25, 0.3) is 0 Å². The SMILES string of the molecule is CC(C)[C@H](NC(=O)OCc1ccccc1)C(=O)N[C@H](Cc1ccccc1F)C(=O)O. The summed E-state index contributed by atoms with van der Waals surface area (Å²) in [5.74, 6) is -2.88. The van der Waals surface area contributed by atoms with Gasteiger partial charge in [-0.1, -0.05) is 62.4 Å². The Kier molecular flexibility index (Phi) is 8.34. The van der Waals surface area contributed by atoms with E-state index >= 15 is 0 Å². The van der Waals surface area contributed by atoms with Crippen LogP contribution in [0.15, 0.2) is 54.6 Å². The van der Waals surface area contributed by atoms with Gasteiger partial charge in [-0.2, -0.15) is 0 Å². The molecule has 0 saturated heterocycles. The van der Waals surface area contributed by atoms with Crippen molar-refractivity contribution in [2.24, 2.45) is 5.92 Å². The molecular weight excluding hydrogens is 391 g/mol. The number of carboxylic acids is 1. The monoisotopic (exact) mass is 416 g/mol. The lowest BCUT2D eigenvalue weighted by Crippen LogP contribution is -2.54. The summed E-state index contributed by atoms with van der Waals surface area (Å²) in [7, 11) is 0. The Bertz CT molecular complexity index is 873. The largest absolute Gasteiger partial charge is 0.480 e. The van der Waals surface area contributed by atoms with Crippen LogP contribution in [0.1, 0.15) is 25.0 Å². The van der Waals surface area contributed by atoms with Gasteiger partial charge in [-0.25, -0.2) is 14.0 Å². The van der Waals surface area contributed by atoms with Crippen molar-refractivity contribution in [3.8, 4) is 0 Å². The van der Waals surface area contributed by atoms with Crippen LogP contribution in [0.5, 0.6) is 0 Å². The summed E-state index contributed by atoms with van der Waals surface area (Å²) in [4.78, 5) is 36.3. The first-order chi connectivity index (χ1) is 14.3. The average Bonchev–Trinajstić information content (AvgIpc) is 2.71. The molecule has 0 fully saturated rings. The maximum Gasteiger partial charge on any atom is 0.408 e. The molecule has 0 radical (unpaired) electrons. The lowest BCUT2D eigenvalue weighted by molar-refractivity contribution is -0.142. The van der Waals surface area contributed by atoms with Crippen LogP contribution in [-0.4, -0.2) is 35.2 Å². The van der Waals surface area contributed by atoms with E-state index in [1.165, 1.54) is 18.2 Å². The molecule has 30 heavy (non-hydrogen) atoms. The van der Waals surface area contributed by atoms with Crippen LogP contribution in [0.4, 0.5) is 9.18 Å². The molecule has 0 spiro atoms. The Morgan fingerprint density at radius 3 is 2.23 bits per heavy atom. The van der Waals surface area contributed by atoms with Gasteiger partial charge in [0.05, 0.1) is 0 Å². The number of rotatable bonds is 9. The molecule has 2 atom stereocenters. The lowest BCUT2D eigenvalue weighted by atomic mass is 10.0. The minimum atomic E-state index is -1.35. The third kappa shape index (κ3) is 6.88. The molecule has 2 rings (SSSR count). The second-order valence-electron chi connectivity index (χ2n) is 7.12. The van der Waals surface area contributed by atoms with Crippen molar-refractivity contribution in [2.75, 3.05) is 0 Å². The molecule has 2 amide bonds. The van der Waals surface area contributed by atoms with Gasteiger partial charge in [-0.15, -0.1) is 0 Å². The molecule has 0 saturated carbocycles. The van der Waals surface area contributed by atoms with Gasteiger partial charge < -0.3 is 20.5 Å². The Balaban J connectivity index is 1.99. The second-order valence-corrected chi connectivity index (χ2v) is 7.12. The molecule has 0 aliphatic carbocycles. The van der Waals surface area contributed by atoms with E-state index in [9.17, 15) is 23.9 Å². The zero-order valence-electron chi connectivity index (χ0n) is 16.8. The van der Waals surface area contributed by atoms with Crippen LogP contribution in [-0.2, 0) is 27.4 Å². The molecule has 2 aromatic rings. The number of carbonyl (C=O) groups excluding carboxylic acids is 2. The highest BCUT2D eigenvalue weighted by Crippen LogP contribution is 2.11. The van der Waals surface area contributed by atoms with Crippen LogP contribution in [0.3, 0.4) is 0 Å². The minimum absolute atomic E-state index is 0.0319. The number of nitrogens with one attached hydrogen (secondary N) is 2. The van der Waals surface area contributed by atoms with Crippen molar-refractivity contribution < 1.29 is 28.6 Å². The normalized spacial score (nSPS) is 12.7. The average molecular weight is 416 g/mol. The van der Waals surface area contributed by atoms with Crippen LogP contribution in [0.2, 0.25) is 0 Å². The summed E-state index contributed by atoms with van der Waals surface area (Å²) in [6, 6.07) is 12.4. The first-order valence-corrected chi connectivity index (χ1v) is 9.51. The number of halogens is 1. The first kappa shape index (κ1) is 22.9. The standard InChI is InChI=1S/C22H25FN2O5/c1-14(2)19(25-22(29)30-13-15-8-4-3-5-9-15)20(26)24-18(21(27)28)12-16-10-6-7-11-17(16)23/h3-11,14,18-19H,12-13H2,1-2H3,(H,24,26)(H,25,29)(H,27,28)/t18-,19+/m1/s1. The summed E-state index contributed by atoms with van der Waals surface area (Å²) in [5.41, 5.74) is 0.954. The molecule has 2 aromatic carbocycles. The van der Waals surface area contributed by atoms with Gasteiger partial charge in [0, 0.05) is 6.42 Å². The maximum absolute atomic E-state index is 13.9. The smallest absolute Gasteiger partial charge is 0.408 e. The van der Waals surface area contributed by atoms with E-state index in [0.29, 0.717) is 0 Å². The highest BCUT2D eigenvalue weighted by Gasteiger charge is 2.29. The zero-order chi connectivity index (χ0) is 22.1. The van der Waals surface area contributed by atoms with Crippen LogP contribution < -0.4 is 10.6 Å². The van der Waals surface area contributed by atoms with Gasteiger partial charge in [0.25, 0.3) is 0 Å². The van der Waals surface area contributed by atoms with E-state index in [0.717, 1.165) is 5.56 Å². The molecule has 0 aliphatic rings. The highest BCUT2D eigenvalue weighted by molar-refractivity contribution is 5.89. The van der Waals surface area contributed by atoms with E-state index in [-0.39, 0.29) is 24.5 Å². The highest BCUT2D eigenvalue weighted by atomic mass is 19.1. The number of amides is 2. The van der Waals surface area contributed by atoms with Crippen LogP contribution >= 0.6 is 0 Å². The summed E-state index contributed by atoms with van der Waals surface area (Å²) in [6.07, 6.45) is -1.02. The van der Waals surface area contributed by atoms with Gasteiger partial charge in [0.1, 0.15) is 24.5 Å². The minimum Gasteiger partial charge on any atom is -0.480 e. The molecule has 8 heteroatoms. The van der Waals surface area contributed by atoms with E-state index in [4.69, 9.17) is 4.74 Å². The molecule has 0 aromatic heterocycles. The fraction of sp³-hybridized carbons (Fsp3) is 0.318. The van der Waals surface area contributed by atoms with Crippen molar-refractivity contribution in [3.05, 3.63) is 71.5 Å². The topological polar surface area (TPSA) is 105 Å². The molecule has 3 N–H and O–H groups in total. The van der Waals surface area contributed by atoms with Crippen LogP contribution in [0, 0.1) is 11.7 Å². The summed E-state index contributed by atoms with van der Waals surface area (Å²) >= 11 is 0.